The van der Waals surface area contributed by atoms with Gasteiger partial charge >= 0.3 is 0 Å². The van der Waals surface area contributed by atoms with E-state index >= 15 is 0 Å². The van der Waals surface area contributed by atoms with Crippen molar-refractivity contribution in [3.05, 3.63) is 94.5 Å². The Morgan fingerprint density at radius 1 is 1.00 bits per heavy atom. The highest BCUT2D eigenvalue weighted by atomic mass is 32.1. The molecule has 6 heteroatoms. The molecular weight excluding hydrogens is 380 g/mol. The number of aromatic nitrogens is 3. The lowest BCUT2D eigenvalue weighted by Crippen LogP contribution is -2.23. The fraction of sp³-hybridized carbons (Fsp3) is 0.217. The monoisotopic (exact) mass is 404 g/mol. The van der Waals surface area contributed by atoms with Crippen LogP contribution in [0.5, 0.6) is 0 Å². The van der Waals surface area contributed by atoms with Crippen LogP contribution in [0, 0.1) is 11.7 Å². The van der Waals surface area contributed by atoms with E-state index in [9.17, 15) is 0 Å². The van der Waals surface area contributed by atoms with Crippen LogP contribution in [0.3, 0.4) is 0 Å². The van der Waals surface area contributed by atoms with Gasteiger partial charge in [0.2, 0.25) is 0 Å². The second-order valence-electron chi connectivity index (χ2n) is 7.24. The normalized spacial score (nSPS) is 11.3. The molecule has 0 fully saturated rings. The van der Waals surface area contributed by atoms with Gasteiger partial charge < -0.3 is 4.42 Å². The van der Waals surface area contributed by atoms with Gasteiger partial charge in [0.1, 0.15) is 0 Å². The number of rotatable bonds is 7. The average Bonchev–Trinajstić information content (AvgIpc) is 3.35. The lowest BCUT2D eigenvalue weighted by atomic mass is 10.1. The number of benzene rings is 2. The van der Waals surface area contributed by atoms with Crippen molar-refractivity contribution in [1.82, 2.24) is 19.2 Å². The maximum atomic E-state index is 5.79. The summed E-state index contributed by atoms with van der Waals surface area (Å²) in [6, 6.07) is 22.5. The van der Waals surface area contributed by atoms with Crippen LogP contribution < -0.4 is 0 Å². The molecule has 5 nitrogen and oxygen atoms in total. The summed E-state index contributed by atoms with van der Waals surface area (Å²) in [5.41, 5.74) is 3.76. The Labute approximate surface area is 175 Å². The van der Waals surface area contributed by atoms with Gasteiger partial charge in [0, 0.05) is 6.54 Å². The zero-order valence-electron chi connectivity index (χ0n) is 16.7. The topological polar surface area (TPSA) is 39.1 Å². The first-order valence-corrected chi connectivity index (χ1v) is 10.0. The molecule has 0 aliphatic carbocycles. The molecule has 0 radical (unpaired) electrons. The molecule has 148 valence electrons. The molecule has 0 spiro atoms. The van der Waals surface area contributed by atoms with Crippen LogP contribution in [-0.4, -0.2) is 26.3 Å². The van der Waals surface area contributed by atoms with Crippen LogP contribution in [0.1, 0.15) is 16.7 Å². The van der Waals surface area contributed by atoms with E-state index in [2.05, 4.69) is 55.3 Å². The minimum Gasteiger partial charge on any atom is -0.461 e. The molecule has 2 aromatic carbocycles. The first-order valence-electron chi connectivity index (χ1n) is 9.60. The van der Waals surface area contributed by atoms with Crippen molar-refractivity contribution in [3.8, 4) is 11.6 Å². The molecule has 0 aliphatic rings. The Kier molecular flexibility index (Phi) is 5.74. The first kappa shape index (κ1) is 19.4. The first-order chi connectivity index (χ1) is 14.1. The van der Waals surface area contributed by atoms with Crippen LogP contribution in [0.4, 0.5) is 0 Å². The molecule has 29 heavy (non-hydrogen) atoms. The molecule has 0 amide bonds. The van der Waals surface area contributed by atoms with Gasteiger partial charge in [-0.3, -0.25) is 9.47 Å². The molecular formula is C23H24N4OS. The fourth-order valence-electron chi connectivity index (χ4n) is 3.39. The van der Waals surface area contributed by atoms with Gasteiger partial charge in [-0.2, -0.15) is 0 Å². The zero-order chi connectivity index (χ0) is 20.2. The molecule has 0 saturated carbocycles. The Hall–Kier alpha value is -2.96. The number of hydrogen-bond donors (Lipinski definition) is 0. The van der Waals surface area contributed by atoms with Crippen molar-refractivity contribution in [2.24, 2.45) is 0 Å². The Balaban J connectivity index is 1.63. The van der Waals surface area contributed by atoms with E-state index in [-0.39, 0.29) is 0 Å². The third-order valence-electron chi connectivity index (χ3n) is 4.92. The van der Waals surface area contributed by atoms with E-state index in [4.69, 9.17) is 21.7 Å². The molecule has 0 bridgehead atoms. The van der Waals surface area contributed by atoms with Gasteiger partial charge in [-0.25, -0.2) is 4.68 Å². The third kappa shape index (κ3) is 4.39. The molecule has 0 saturated heterocycles. The molecule has 0 N–H and O–H groups in total. The van der Waals surface area contributed by atoms with E-state index in [1.54, 1.807) is 6.26 Å². The highest BCUT2D eigenvalue weighted by Crippen LogP contribution is 2.21. The number of furan rings is 1. The summed E-state index contributed by atoms with van der Waals surface area (Å²) in [7, 11) is 2.08. The zero-order valence-corrected chi connectivity index (χ0v) is 17.5. The summed E-state index contributed by atoms with van der Waals surface area (Å²) < 4.78 is 10.2. The maximum absolute atomic E-state index is 5.79. The van der Waals surface area contributed by atoms with Crippen LogP contribution in [0.15, 0.2) is 77.4 Å². The predicted molar refractivity (Wildman–Crippen MR) is 117 cm³/mol. The Morgan fingerprint density at radius 3 is 2.48 bits per heavy atom. The molecule has 0 atom stereocenters. The molecule has 2 aromatic heterocycles. The summed E-state index contributed by atoms with van der Waals surface area (Å²) >= 11 is 5.79. The summed E-state index contributed by atoms with van der Waals surface area (Å²) in [4.78, 5) is 2.21. The smallest absolute Gasteiger partial charge is 0.199 e. The van der Waals surface area contributed by atoms with Crippen molar-refractivity contribution in [3.63, 3.8) is 0 Å². The van der Waals surface area contributed by atoms with E-state index < -0.39 is 0 Å². The fourth-order valence-corrected chi connectivity index (χ4v) is 3.64. The number of hydrogen-bond acceptors (Lipinski definition) is 4. The van der Waals surface area contributed by atoms with Gasteiger partial charge in [-0.05, 0) is 55.0 Å². The molecule has 4 rings (SSSR count). The Morgan fingerprint density at radius 2 is 1.76 bits per heavy atom. The standard InChI is InChI=1S/C23H24N4OS/c1-18-9-6-7-12-20(18)16-25(2)17-27-23(29)26(15-19-10-4-3-5-11-19)22(24-27)21-13-8-14-28-21/h3-14H,15-17H2,1-2H3. The van der Waals surface area contributed by atoms with Crippen molar-refractivity contribution >= 4 is 12.2 Å². The Bertz CT molecular complexity index is 1130. The van der Waals surface area contributed by atoms with Crippen molar-refractivity contribution < 1.29 is 4.42 Å². The molecule has 0 unspecified atom stereocenters. The SMILES string of the molecule is Cc1ccccc1CN(C)Cn1nc(-c2ccco2)n(Cc2ccccc2)c1=S. The molecule has 4 aromatic rings. The second kappa shape index (κ2) is 8.59. The quantitative estimate of drug-likeness (QED) is 0.401. The van der Waals surface area contributed by atoms with Gasteiger partial charge in [-0.1, -0.05) is 54.6 Å². The van der Waals surface area contributed by atoms with Crippen molar-refractivity contribution in [2.75, 3.05) is 7.05 Å². The van der Waals surface area contributed by atoms with Crippen LogP contribution in [0.2, 0.25) is 0 Å². The average molecular weight is 405 g/mol. The largest absolute Gasteiger partial charge is 0.461 e. The molecule has 2 heterocycles. The highest BCUT2D eigenvalue weighted by Gasteiger charge is 2.16. The minimum atomic E-state index is 0.600. The van der Waals surface area contributed by atoms with Crippen LogP contribution >= 0.6 is 12.2 Å². The van der Waals surface area contributed by atoms with Gasteiger partial charge in [0.25, 0.3) is 0 Å². The lowest BCUT2D eigenvalue weighted by Gasteiger charge is -2.17. The minimum absolute atomic E-state index is 0.600. The van der Waals surface area contributed by atoms with E-state index in [1.165, 1.54) is 16.7 Å². The van der Waals surface area contributed by atoms with Crippen molar-refractivity contribution in [1.29, 1.82) is 0 Å². The third-order valence-corrected chi connectivity index (χ3v) is 5.36. The van der Waals surface area contributed by atoms with Crippen LogP contribution in [-0.2, 0) is 19.8 Å². The second-order valence-corrected chi connectivity index (χ2v) is 7.60. The molecule has 0 aliphatic heterocycles. The van der Waals surface area contributed by atoms with E-state index in [1.807, 2.05) is 39.6 Å². The van der Waals surface area contributed by atoms with Gasteiger partial charge in [0.15, 0.2) is 16.4 Å². The summed E-state index contributed by atoms with van der Waals surface area (Å²) in [5.74, 6) is 1.46. The summed E-state index contributed by atoms with van der Waals surface area (Å²) in [6.07, 6.45) is 1.66. The van der Waals surface area contributed by atoms with Gasteiger partial charge in [0.05, 0.1) is 19.5 Å². The van der Waals surface area contributed by atoms with E-state index in [0.29, 0.717) is 23.7 Å². The predicted octanol–water partition coefficient (Wildman–Crippen LogP) is 5.12. The summed E-state index contributed by atoms with van der Waals surface area (Å²) in [5, 5.41) is 4.79. The summed E-state index contributed by atoms with van der Waals surface area (Å²) in [6.45, 7) is 4.22. The van der Waals surface area contributed by atoms with E-state index in [0.717, 1.165) is 12.4 Å². The number of nitrogens with zero attached hydrogens (tertiary/aromatic N) is 4. The number of aryl methyl sites for hydroxylation is 1. The van der Waals surface area contributed by atoms with Crippen LogP contribution in [0.25, 0.3) is 11.6 Å². The van der Waals surface area contributed by atoms with Crippen molar-refractivity contribution in [2.45, 2.75) is 26.7 Å². The highest BCUT2D eigenvalue weighted by molar-refractivity contribution is 7.71. The van der Waals surface area contributed by atoms with Gasteiger partial charge in [-0.15, -0.1) is 5.10 Å². The lowest BCUT2D eigenvalue weighted by molar-refractivity contribution is 0.243. The maximum Gasteiger partial charge on any atom is 0.199 e.